The Hall–Kier alpha value is -1.95. The predicted octanol–water partition coefficient (Wildman–Crippen LogP) is 2.45. The summed E-state index contributed by atoms with van der Waals surface area (Å²) in [6.45, 7) is 0. The fourth-order valence-corrected chi connectivity index (χ4v) is 14.2. The number of carbonyl (C=O) groups is 1. The Morgan fingerprint density at radius 1 is 0.870 bits per heavy atom. The van der Waals surface area contributed by atoms with Crippen LogP contribution >= 0.6 is 0 Å². The zero-order valence-electron chi connectivity index (χ0n) is 12.7. The molecule has 5 heteroatoms. The molecule has 0 N–H and O–H groups in total. The summed E-state index contributed by atoms with van der Waals surface area (Å²) in [5.74, 6) is 0.334. The number of rotatable bonds is 4. The van der Waals surface area contributed by atoms with Gasteiger partial charge < -0.3 is 0 Å². The van der Waals surface area contributed by atoms with E-state index in [1.807, 2.05) is 36.4 Å². The molecule has 0 bridgehead atoms. The molecule has 23 heavy (non-hydrogen) atoms. The van der Waals surface area contributed by atoms with Gasteiger partial charge in [-0.2, -0.15) is 0 Å². The van der Waals surface area contributed by atoms with E-state index >= 15 is 0 Å². The van der Waals surface area contributed by atoms with Crippen molar-refractivity contribution >= 4 is 32.8 Å². The van der Waals surface area contributed by atoms with Gasteiger partial charge in [0.05, 0.1) is 0 Å². The minimum absolute atomic E-state index is 0.236. The van der Waals surface area contributed by atoms with E-state index in [9.17, 15) is 4.79 Å². The number of ketones is 1. The van der Waals surface area contributed by atoms with E-state index in [1.165, 1.54) is 0 Å². The van der Waals surface area contributed by atoms with Crippen LogP contribution in [0.15, 0.2) is 68.4 Å². The van der Waals surface area contributed by atoms with Gasteiger partial charge in [-0.1, -0.05) is 0 Å². The summed E-state index contributed by atoms with van der Waals surface area (Å²) in [4.78, 5) is 12.2. The minimum atomic E-state index is -3.30. The summed E-state index contributed by atoms with van der Waals surface area (Å²) in [5, 5.41) is 0. The molecule has 1 atom stereocenters. The molecule has 3 aromatic heterocycles. The zero-order valence-corrected chi connectivity index (χ0v) is 14.8. The van der Waals surface area contributed by atoms with Crippen LogP contribution in [0.2, 0.25) is 4.75 Å². The van der Waals surface area contributed by atoms with E-state index in [0.29, 0.717) is 18.6 Å². The van der Waals surface area contributed by atoms with Crippen molar-refractivity contribution in [2.24, 2.45) is 0 Å². The molecule has 118 valence electrons. The molecule has 1 unspecified atom stereocenters. The molecule has 1 aliphatic rings. The van der Waals surface area contributed by atoms with Crippen LogP contribution < -0.4 is 13.8 Å². The first kappa shape index (κ1) is 14.6. The molecule has 0 amide bonds. The number of furan rings is 3. The van der Waals surface area contributed by atoms with Crippen LogP contribution in [-0.2, 0) is 4.79 Å². The van der Waals surface area contributed by atoms with Crippen LogP contribution in [0.25, 0.3) is 0 Å². The van der Waals surface area contributed by atoms with Crippen LogP contribution in [0, 0.1) is 0 Å². The topological polar surface area (TPSA) is 56.5 Å². The maximum atomic E-state index is 12.2. The molecule has 3 heterocycles. The van der Waals surface area contributed by atoms with Crippen LogP contribution in [-0.4, -0.2) is 19.0 Å². The summed E-state index contributed by atoms with van der Waals surface area (Å²) >= 11 is -3.30. The van der Waals surface area contributed by atoms with Crippen molar-refractivity contribution < 1.29 is 18.0 Å². The molecule has 3 aromatic rings. The predicted molar refractivity (Wildman–Crippen MR) is 88.0 cm³/mol. The fraction of sp³-hybridized carbons (Fsp3) is 0.278. The second-order valence-electron chi connectivity index (χ2n) is 6.07. The molecule has 1 aliphatic carbocycles. The third-order valence-electron chi connectivity index (χ3n) is 4.82. The van der Waals surface area contributed by atoms with Crippen molar-refractivity contribution in [2.45, 2.75) is 30.4 Å². The van der Waals surface area contributed by atoms with Gasteiger partial charge in [0.2, 0.25) is 0 Å². The summed E-state index contributed by atoms with van der Waals surface area (Å²) in [7, 11) is 0. The first-order chi connectivity index (χ1) is 11.3. The van der Waals surface area contributed by atoms with Crippen LogP contribution in [0.1, 0.15) is 25.7 Å². The van der Waals surface area contributed by atoms with Gasteiger partial charge in [-0.25, -0.2) is 0 Å². The van der Waals surface area contributed by atoms with Crippen molar-refractivity contribution in [3.8, 4) is 0 Å². The van der Waals surface area contributed by atoms with Crippen molar-refractivity contribution in [3.05, 3.63) is 55.2 Å². The van der Waals surface area contributed by atoms with E-state index in [2.05, 4.69) is 0 Å². The number of hydrogen-bond acceptors (Lipinski definition) is 4. The van der Waals surface area contributed by atoms with Gasteiger partial charge in [-0.05, 0) is 0 Å². The van der Waals surface area contributed by atoms with Crippen LogP contribution in [0.5, 0.6) is 0 Å². The summed E-state index contributed by atoms with van der Waals surface area (Å²) in [6, 6.07) is 11.8. The Morgan fingerprint density at radius 3 is 1.78 bits per heavy atom. The third-order valence-corrected chi connectivity index (χ3v) is 15.1. The number of Topliss-reactive ketones (excluding diaryl/α,β-unsaturated/α-hetero) is 1. The van der Waals surface area contributed by atoms with Crippen molar-refractivity contribution in [2.75, 3.05) is 0 Å². The second-order valence-corrected chi connectivity index (χ2v) is 14.3. The molecule has 0 aromatic carbocycles. The molecular formula is C18H18GeO4. The van der Waals surface area contributed by atoms with Gasteiger partial charge in [0.15, 0.2) is 0 Å². The van der Waals surface area contributed by atoms with Crippen molar-refractivity contribution in [1.82, 2.24) is 0 Å². The standard InChI is InChI=1S/C18H18GeO4/c20-15-6-1-5-14(13-15)19(16-7-2-10-21-16,17-8-3-11-22-17)18-9-4-12-23-18/h2-4,7-12,14H,1,5-6,13H2. The monoisotopic (exact) mass is 372 g/mol. The third kappa shape index (κ3) is 2.32. The van der Waals surface area contributed by atoms with Crippen molar-refractivity contribution in [3.63, 3.8) is 0 Å². The Bertz CT molecular complexity index is 672. The molecule has 0 saturated heterocycles. The zero-order chi connectivity index (χ0) is 15.7. The maximum absolute atomic E-state index is 12.2. The Balaban J connectivity index is 1.96. The molecule has 4 nitrogen and oxygen atoms in total. The molecule has 4 rings (SSSR count). The van der Waals surface area contributed by atoms with Crippen LogP contribution in [0.4, 0.5) is 0 Å². The van der Waals surface area contributed by atoms with E-state index in [-0.39, 0.29) is 4.75 Å². The molecular weight excluding hydrogens is 353 g/mol. The molecule has 1 saturated carbocycles. The van der Waals surface area contributed by atoms with Crippen molar-refractivity contribution in [1.29, 1.82) is 0 Å². The molecule has 0 spiro atoms. The molecule has 1 fully saturated rings. The van der Waals surface area contributed by atoms with E-state index < -0.39 is 13.3 Å². The average molecular weight is 371 g/mol. The normalized spacial score (nSPS) is 19.1. The van der Waals surface area contributed by atoms with Gasteiger partial charge >= 0.3 is 136 Å². The van der Waals surface area contributed by atoms with Gasteiger partial charge in [0.1, 0.15) is 0 Å². The Kier molecular flexibility index (Phi) is 3.77. The summed E-state index contributed by atoms with van der Waals surface area (Å²) < 4.78 is 20.7. The summed E-state index contributed by atoms with van der Waals surface area (Å²) in [5.41, 5.74) is 0. The van der Waals surface area contributed by atoms with E-state index in [1.54, 1.807) is 18.8 Å². The second kappa shape index (κ2) is 5.92. The first-order valence-corrected chi connectivity index (χ1v) is 12.3. The van der Waals surface area contributed by atoms with Gasteiger partial charge in [0.25, 0.3) is 0 Å². The van der Waals surface area contributed by atoms with Crippen LogP contribution in [0.3, 0.4) is 0 Å². The average Bonchev–Trinajstić information content (AvgIpc) is 3.33. The first-order valence-electron chi connectivity index (χ1n) is 7.95. The van der Waals surface area contributed by atoms with Gasteiger partial charge in [-0.15, -0.1) is 0 Å². The SMILES string of the molecule is O=C1CCC[CH]([Ge]([c]2ccco2)([c]2ccco2)[c]2ccco2)C1. The molecule has 0 aliphatic heterocycles. The summed E-state index contributed by atoms with van der Waals surface area (Å²) in [6.07, 6.45) is 8.31. The molecule has 0 radical (unpaired) electrons. The number of hydrogen-bond donors (Lipinski definition) is 0. The number of carbonyl (C=O) groups excluding carboxylic acids is 1. The quantitative estimate of drug-likeness (QED) is 0.662. The van der Waals surface area contributed by atoms with Gasteiger partial charge in [0, 0.05) is 0 Å². The van der Waals surface area contributed by atoms with Gasteiger partial charge in [-0.3, -0.25) is 0 Å². The Morgan fingerprint density at radius 2 is 1.39 bits per heavy atom. The van der Waals surface area contributed by atoms with E-state index in [4.69, 9.17) is 13.3 Å². The Labute approximate surface area is 136 Å². The fourth-order valence-electron chi connectivity index (χ4n) is 3.87. The van der Waals surface area contributed by atoms with E-state index in [0.717, 1.165) is 26.6 Å².